The molecular weight excluding hydrogens is 442 g/mol. The van der Waals surface area contributed by atoms with E-state index in [1.807, 2.05) is 35.2 Å². The summed E-state index contributed by atoms with van der Waals surface area (Å²) in [4.78, 5) is 15.6. The molecule has 3 N–H and O–H groups in total. The van der Waals surface area contributed by atoms with Gasteiger partial charge in [-0.3, -0.25) is 4.79 Å². The Morgan fingerprint density at radius 3 is 2.60 bits per heavy atom. The first-order valence-corrected chi connectivity index (χ1v) is 13.1. The second-order valence-corrected chi connectivity index (χ2v) is 9.93. The van der Waals surface area contributed by atoms with Crippen molar-refractivity contribution in [3.05, 3.63) is 59.7 Å². The van der Waals surface area contributed by atoms with Crippen molar-refractivity contribution in [1.29, 1.82) is 0 Å². The molecule has 2 aromatic carbocycles. The Morgan fingerprint density at radius 2 is 1.86 bits per heavy atom. The van der Waals surface area contributed by atoms with Crippen molar-refractivity contribution in [2.24, 2.45) is 5.92 Å². The second kappa shape index (κ2) is 11.0. The van der Waals surface area contributed by atoms with Crippen molar-refractivity contribution >= 4 is 5.91 Å². The van der Waals surface area contributed by atoms with Crippen molar-refractivity contribution < 1.29 is 19.4 Å². The number of phenols is 1. The molecular formula is C28H37N3O4. The molecule has 3 heterocycles. The van der Waals surface area contributed by atoms with Crippen LogP contribution in [0.2, 0.25) is 0 Å². The van der Waals surface area contributed by atoms with Crippen LogP contribution in [0, 0.1) is 5.92 Å². The van der Waals surface area contributed by atoms with Crippen LogP contribution in [0.25, 0.3) is 0 Å². The Kier molecular flexibility index (Phi) is 7.56. The van der Waals surface area contributed by atoms with Gasteiger partial charge in [0.25, 0.3) is 0 Å². The number of phenolic OH excluding ortho intramolecular Hbond substituents is 1. The fraction of sp³-hybridized carbons (Fsp3) is 0.536. The van der Waals surface area contributed by atoms with Gasteiger partial charge in [0.15, 0.2) is 0 Å². The van der Waals surface area contributed by atoms with E-state index in [0.717, 1.165) is 49.4 Å². The highest BCUT2D eigenvalue weighted by Crippen LogP contribution is 2.48. The van der Waals surface area contributed by atoms with Crippen LogP contribution in [0.5, 0.6) is 11.5 Å². The first-order chi connectivity index (χ1) is 17.2. The lowest BCUT2D eigenvalue weighted by atomic mass is 9.83. The molecule has 3 saturated heterocycles. The molecule has 5 atom stereocenters. The third-order valence-corrected chi connectivity index (χ3v) is 7.60. The Labute approximate surface area is 207 Å². The summed E-state index contributed by atoms with van der Waals surface area (Å²) in [6.07, 6.45) is 6.79. The minimum absolute atomic E-state index is 0.0713. The molecule has 0 saturated carbocycles. The Bertz CT molecular complexity index is 992. The average molecular weight is 480 g/mol. The van der Waals surface area contributed by atoms with E-state index in [1.165, 1.54) is 19.3 Å². The van der Waals surface area contributed by atoms with Crippen molar-refractivity contribution in [1.82, 2.24) is 15.8 Å². The number of nitrogens with one attached hydrogen (secondary N) is 2. The van der Waals surface area contributed by atoms with Crippen molar-refractivity contribution in [2.45, 2.75) is 69.7 Å². The third-order valence-electron chi connectivity index (χ3n) is 7.60. The number of para-hydroxylation sites is 1. The number of ether oxygens (including phenoxy) is 2. The molecule has 5 unspecified atom stereocenters. The summed E-state index contributed by atoms with van der Waals surface area (Å²) in [6.45, 7) is 4.27. The number of amides is 1. The highest BCUT2D eigenvalue weighted by molar-refractivity contribution is 5.86. The Morgan fingerprint density at radius 1 is 1.06 bits per heavy atom. The zero-order valence-corrected chi connectivity index (χ0v) is 20.5. The summed E-state index contributed by atoms with van der Waals surface area (Å²) in [7, 11) is 0. The van der Waals surface area contributed by atoms with Gasteiger partial charge in [0.2, 0.25) is 5.91 Å². The summed E-state index contributed by atoms with van der Waals surface area (Å²) in [6, 6.07) is 14.9. The molecule has 0 spiro atoms. The normalized spacial score (nSPS) is 28.0. The van der Waals surface area contributed by atoms with E-state index in [0.29, 0.717) is 6.54 Å². The predicted molar refractivity (Wildman–Crippen MR) is 134 cm³/mol. The number of nitrogens with zero attached hydrogens (tertiary/aromatic N) is 1. The zero-order chi connectivity index (χ0) is 24.2. The minimum Gasteiger partial charge on any atom is -0.508 e. The lowest BCUT2D eigenvalue weighted by Gasteiger charge is -2.32. The van der Waals surface area contributed by atoms with Gasteiger partial charge in [0.05, 0.1) is 24.8 Å². The summed E-state index contributed by atoms with van der Waals surface area (Å²) < 4.78 is 11.9. The summed E-state index contributed by atoms with van der Waals surface area (Å²) in [5.74, 6) is 1.11. The molecule has 3 aliphatic heterocycles. The van der Waals surface area contributed by atoms with Crippen LogP contribution >= 0.6 is 0 Å². The molecule has 0 radical (unpaired) electrons. The quantitative estimate of drug-likeness (QED) is 0.442. The minimum atomic E-state index is -0.361. The average Bonchev–Trinajstić information content (AvgIpc) is 3.60. The Balaban J connectivity index is 1.40. The molecule has 0 aromatic heterocycles. The van der Waals surface area contributed by atoms with Crippen LogP contribution in [0.1, 0.15) is 68.7 Å². The number of unbranched alkanes of at least 4 members (excludes halogenated alkanes) is 3. The molecule has 0 bridgehead atoms. The standard InChI is InChI=1S/C28H37N3O4/c1-2-3-4-7-16-34-20-14-12-19(13-15-20)27-24-25(22-10-5-6-11-23(22)32)29-30-26(24)28(33)31(27)18-21-9-8-17-35-21/h5-6,10-15,21,24-27,29-30,32H,2-4,7-9,16-18H2,1H3. The van der Waals surface area contributed by atoms with Gasteiger partial charge < -0.3 is 19.5 Å². The smallest absolute Gasteiger partial charge is 0.242 e. The van der Waals surface area contributed by atoms with Crippen molar-refractivity contribution in [3.8, 4) is 11.5 Å². The summed E-state index contributed by atoms with van der Waals surface area (Å²) in [5.41, 5.74) is 8.42. The lowest BCUT2D eigenvalue weighted by molar-refractivity contribution is -0.132. The largest absolute Gasteiger partial charge is 0.508 e. The van der Waals surface area contributed by atoms with Crippen LogP contribution < -0.4 is 15.6 Å². The van der Waals surface area contributed by atoms with Crippen molar-refractivity contribution in [2.75, 3.05) is 19.8 Å². The second-order valence-electron chi connectivity index (χ2n) is 9.93. The van der Waals surface area contributed by atoms with Gasteiger partial charge in [-0.15, -0.1) is 0 Å². The van der Waals surface area contributed by atoms with Crippen molar-refractivity contribution in [3.63, 3.8) is 0 Å². The number of hydrogen-bond acceptors (Lipinski definition) is 6. The summed E-state index contributed by atoms with van der Waals surface area (Å²) in [5, 5.41) is 10.6. The van der Waals surface area contributed by atoms with Gasteiger partial charge in [0.1, 0.15) is 17.5 Å². The molecule has 35 heavy (non-hydrogen) atoms. The van der Waals surface area contributed by atoms with Crippen LogP contribution in [-0.2, 0) is 9.53 Å². The number of carbonyl (C=O) groups excluding carboxylic acids is 1. The van der Waals surface area contributed by atoms with Crippen LogP contribution in [-0.4, -0.2) is 47.8 Å². The molecule has 1 amide bonds. The fourth-order valence-corrected chi connectivity index (χ4v) is 5.81. The SMILES string of the molecule is CCCCCCOc1ccc(C2C3C(NNC3c3ccccc3O)C(=O)N2CC2CCCO2)cc1. The number of rotatable bonds is 10. The number of hydrazine groups is 1. The van der Waals surface area contributed by atoms with E-state index in [4.69, 9.17) is 9.47 Å². The van der Waals surface area contributed by atoms with E-state index in [9.17, 15) is 9.90 Å². The molecule has 2 aromatic rings. The highest BCUT2D eigenvalue weighted by atomic mass is 16.5. The maximum atomic E-state index is 13.6. The van der Waals surface area contributed by atoms with E-state index in [-0.39, 0.29) is 41.8 Å². The van der Waals surface area contributed by atoms with E-state index in [2.05, 4.69) is 29.9 Å². The molecule has 0 aliphatic carbocycles. The molecule has 188 valence electrons. The maximum Gasteiger partial charge on any atom is 0.242 e. The number of likely N-dealkylation sites (tertiary alicyclic amines) is 1. The number of carbonyl (C=O) groups is 1. The number of fused-ring (bicyclic) bond motifs is 1. The molecule has 3 fully saturated rings. The van der Waals surface area contributed by atoms with Crippen LogP contribution in [0.15, 0.2) is 48.5 Å². The zero-order valence-electron chi connectivity index (χ0n) is 20.5. The first kappa shape index (κ1) is 24.1. The maximum absolute atomic E-state index is 13.6. The van der Waals surface area contributed by atoms with E-state index >= 15 is 0 Å². The molecule has 5 rings (SSSR count). The molecule has 7 nitrogen and oxygen atoms in total. The Hall–Kier alpha value is -2.61. The van der Waals surface area contributed by atoms with Crippen LogP contribution in [0.3, 0.4) is 0 Å². The number of hydrogen-bond donors (Lipinski definition) is 3. The van der Waals surface area contributed by atoms with Gasteiger partial charge in [-0.2, -0.15) is 0 Å². The molecule has 7 heteroatoms. The third kappa shape index (κ3) is 5.03. The van der Waals surface area contributed by atoms with Gasteiger partial charge >= 0.3 is 0 Å². The summed E-state index contributed by atoms with van der Waals surface area (Å²) >= 11 is 0. The van der Waals surface area contributed by atoms with E-state index in [1.54, 1.807) is 6.07 Å². The highest BCUT2D eigenvalue weighted by Gasteiger charge is 2.56. The number of aromatic hydroxyl groups is 1. The fourth-order valence-electron chi connectivity index (χ4n) is 5.81. The predicted octanol–water partition coefficient (Wildman–Crippen LogP) is 4.25. The van der Waals surface area contributed by atoms with Gasteiger partial charge in [0, 0.05) is 24.6 Å². The lowest BCUT2D eigenvalue weighted by Crippen LogP contribution is -2.43. The first-order valence-electron chi connectivity index (χ1n) is 13.1. The van der Waals surface area contributed by atoms with E-state index < -0.39 is 0 Å². The monoisotopic (exact) mass is 479 g/mol. The molecule has 3 aliphatic rings. The number of benzene rings is 2. The van der Waals surface area contributed by atoms with Gasteiger partial charge in [-0.25, -0.2) is 10.9 Å². The topological polar surface area (TPSA) is 83.1 Å². The van der Waals surface area contributed by atoms with Crippen LogP contribution in [0.4, 0.5) is 0 Å². The van der Waals surface area contributed by atoms with Gasteiger partial charge in [-0.05, 0) is 43.0 Å². The van der Waals surface area contributed by atoms with Gasteiger partial charge in [-0.1, -0.05) is 56.5 Å².